The number of rotatable bonds is 8. The molecule has 9 aliphatic heterocycles. The van der Waals surface area contributed by atoms with E-state index in [1.807, 2.05) is 24.1 Å². The summed E-state index contributed by atoms with van der Waals surface area (Å²) < 4.78 is 161. The number of ketones is 3. The molecule has 12 rings (SSSR count). The summed E-state index contributed by atoms with van der Waals surface area (Å²) in [6.45, 7) is 15.8. The van der Waals surface area contributed by atoms with Crippen LogP contribution in [0.15, 0.2) is 0 Å². The van der Waals surface area contributed by atoms with Gasteiger partial charge in [0, 0.05) is 134 Å². The van der Waals surface area contributed by atoms with Crippen molar-refractivity contribution in [2.24, 2.45) is 23.5 Å². The fraction of sp³-hybridized carbons (Fsp3) is 0.846. The molecule has 4 amide bonds. The summed E-state index contributed by atoms with van der Waals surface area (Å²) in [5, 5.41) is 49.6. The van der Waals surface area contributed by atoms with Crippen molar-refractivity contribution in [1.82, 2.24) is 20.0 Å². The number of fused-ring (bicyclic) bond motifs is 3. The molecular formula is C65H114BF7N5NaO27PS. The van der Waals surface area contributed by atoms with Gasteiger partial charge in [0.15, 0.2) is 6.17 Å². The van der Waals surface area contributed by atoms with Crippen LogP contribution in [-0.4, -0.2) is 303 Å². The molecule has 9 saturated heterocycles. The maximum absolute atomic E-state index is 13.0. The average Bonchev–Trinajstić information content (AvgIpc) is 1.60. The first-order valence-corrected chi connectivity index (χ1v) is 36.1. The number of nitrogens with one attached hydrogen (secondary N) is 1. The number of aliphatic carboxylic acids is 1. The van der Waals surface area contributed by atoms with Gasteiger partial charge in [-0.2, -0.15) is 34.8 Å². The van der Waals surface area contributed by atoms with Crippen LogP contribution in [0.1, 0.15) is 166 Å². The second-order valence-electron chi connectivity index (χ2n) is 26.4. The van der Waals surface area contributed by atoms with Gasteiger partial charge in [0.25, 0.3) is 17.7 Å². The summed E-state index contributed by atoms with van der Waals surface area (Å²) in [6.07, 6.45) is 8.89. The molecule has 108 heavy (non-hydrogen) atoms. The molecule has 12 aliphatic rings. The van der Waals surface area contributed by atoms with Crippen LogP contribution in [0.5, 0.6) is 0 Å². The number of hydrogen-bond donors (Lipinski definition) is 10. The minimum Gasteiger partial charge on any atom is -1.00 e. The quantitative estimate of drug-likeness (QED) is 0.0508. The van der Waals surface area contributed by atoms with E-state index in [4.69, 9.17) is 79.0 Å². The first-order valence-electron chi connectivity index (χ1n) is 34.6. The Kier molecular flexibility index (Phi) is 53.6. The van der Waals surface area contributed by atoms with Crippen molar-refractivity contribution in [2.75, 3.05) is 101 Å². The molecule has 0 aromatic heterocycles. The van der Waals surface area contributed by atoms with Gasteiger partial charge in [-0.05, 0) is 98.8 Å². The number of ether oxygens (including phenoxy) is 7. The number of methoxy groups -OCH3 is 2. The molecule has 2 unspecified atom stereocenters. The molecule has 9 heterocycles. The van der Waals surface area contributed by atoms with Gasteiger partial charge in [-0.1, -0.05) is 6.64 Å². The second kappa shape index (κ2) is 53.7. The van der Waals surface area contributed by atoms with Gasteiger partial charge in [0.2, 0.25) is 5.91 Å². The molecule has 0 aromatic rings. The number of halogens is 7. The van der Waals surface area contributed by atoms with E-state index in [0.29, 0.717) is 82.9 Å². The normalized spacial score (nSPS) is 26.2. The van der Waals surface area contributed by atoms with E-state index in [-0.39, 0.29) is 106 Å². The van der Waals surface area contributed by atoms with Crippen LogP contribution in [0.2, 0.25) is 0 Å². The number of carboxylic acids is 1. The topological polar surface area (TPSA) is 479 Å². The third-order valence-corrected chi connectivity index (χ3v) is 17.0. The minimum absolute atomic E-state index is 0. The number of carbonyl (C=O) groups is 10. The molecule has 0 aromatic carbocycles. The number of aliphatic hydroxyl groups is 5. The molecule has 0 bridgehead atoms. The van der Waals surface area contributed by atoms with E-state index in [9.17, 15) is 78.7 Å². The van der Waals surface area contributed by atoms with Crippen LogP contribution in [0.3, 0.4) is 0 Å². The van der Waals surface area contributed by atoms with E-state index in [0.717, 1.165) is 72.1 Å². The Morgan fingerprint density at radius 3 is 1.41 bits per heavy atom. The zero-order valence-corrected chi connectivity index (χ0v) is 67.3. The zero-order chi connectivity index (χ0) is 83.1. The molecule has 32 nitrogen and oxygen atoms in total. The number of aliphatic hydroxyl groups excluding tert-OH is 5. The number of carbonyl (C=O) groups excluding carboxylic acids is 9. The fourth-order valence-electron chi connectivity index (χ4n) is 11.8. The number of nitrogens with zero attached hydrogens (tertiary/aromatic N) is 3. The predicted octanol–water partition coefficient (Wildman–Crippen LogP) is 0.133. The van der Waals surface area contributed by atoms with Crippen LogP contribution in [-0.2, 0) is 91.5 Å². The second-order valence-corrected chi connectivity index (χ2v) is 27.3. The number of esters is 2. The molecule has 10 atom stereocenters. The standard InChI is InChI=1S/C8H11F2NO2.C8H12FNO2.C8H13NO2.C7H10O3.C6H11F2NO3.C6H8O3.C6H10O2.C5H7F2NO2.2C4H8O.2CH4O.CH5P.B.Na.H2O4S.H/c1-7(2)11-5(4-13-7)3-8(9,10)6(11)12;1-8(2)10-5(4-12-8)3-6(9)7(10)11;1-8(2)9-6(5-11-8)3-4-7(9)10;1-10-7(9)5-2-3-6(8)4-5;1-12-5(11)6(7,8)2-4(9)3-10;7-5-2-1-4(3-5)6(8)9;7-4-5-1-2-6(8)3-5;6-5(7)1-3(2-9)8-4(5)10;2*1-2-4-5-3-1;3*1-2;;;1-5(2,3)4;/h5H,3-4H2,1-2H3;5-6H,3-4H2,1-2H3;6H,3-5H2,1-2H3;5H,2-4H2,1H3;4,10H,2-3,9H2,1H3;4H,1-3H2,(H,8,9);5,7H,1-4H2;3,9H,1-2H2,(H,8,10);2*1-4H2;2*2H,1H3;2H2,1H3;;;(H2,1,2,3,4);/q;;;;;;;;;;;;;;+1;;-1/t5-;5-,6?;6-;5-;2*4-;5-;3-;;;;;;;;;/m11101001........./s1/i;;;;;;;;;;;;1D;;;;. The van der Waals surface area contributed by atoms with E-state index in [1.165, 1.54) is 37.7 Å². The third-order valence-electron chi connectivity index (χ3n) is 17.0. The van der Waals surface area contributed by atoms with E-state index < -0.39 is 132 Å². The van der Waals surface area contributed by atoms with Crippen LogP contribution in [0, 0.1) is 17.8 Å². The molecule has 3 radical (unpaired) electrons. The summed E-state index contributed by atoms with van der Waals surface area (Å²) in [5.41, 5.74) is 3.18. The van der Waals surface area contributed by atoms with E-state index in [2.05, 4.69) is 18.7 Å². The molecular weight excluding hydrogens is 1510 g/mol. The number of carboxylic acid groups (broad SMARTS) is 1. The third kappa shape index (κ3) is 40.0. The monoisotopic (exact) mass is 1630 g/mol. The first-order chi connectivity index (χ1) is 49.6. The van der Waals surface area contributed by atoms with Crippen molar-refractivity contribution in [3.05, 3.63) is 0 Å². The average molecular weight is 1630 g/mol. The van der Waals surface area contributed by atoms with Crippen molar-refractivity contribution in [3.63, 3.8) is 0 Å². The number of hydrogen-bond acceptors (Lipinski definition) is 25. The number of alkyl halides is 7. The van der Waals surface area contributed by atoms with Gasteiger partial charge in [-0.3, -0.25) is 52.3 Å². The molecule has 0 spiro atoms. The van der Waals surface area contributed by atoms with Gasteiger partial charge in [0.05, 0.1) is 83.3 Å². The fourth-order valence-corrected chi connectivity index (χ4v) is 11.8. The smallest absolute Gasteiger partial charge is 1.00 e. The van der Waals surface area contributed by atoms with Crippen LogP contribution in [0.4, 0.5) is 30.7 Å². The first kappa shape index (κ1) is 108. The zero-order valence-electron chi connectivity index (χ0n) is 65.4. The van der Waals surface area contributed by atoms with E-state index in [1.54, 1.807) is 27.7 Å². The molecule has 625 valence electrons. The Bertz CT molecular complexity index is 2850. The van der Waals surface area contributed by atoms with Crippen LogP contribution < -0.4 is 40.6 Å². The van der Waals surface area contributed by atoms with Gasteiger partial charge in [-0.15, -0.1) is 9.24 Å². The van der Waals surface area contributed by atoms with Crippen LogP contribution >= 0.6 is 9.24 Å². The Labute approximate surface area is 655 Å². The maximum Gasteiger partial charge on any atom is 1.00 e. The molecule has 3 aliphatic carbocycles. The van der Waals surface area contributed by atoms with Crippen molar-refractivity contribution in [3.8, 4) is 0 Å². The Morgan fingerprint density at radius 2 is 1.10 bits per heavy atom. The predicted molar refractivity (Wildman–Crippen MR) is 372 cm³/mol. The summed E-state index contributed by atoms with van der Waals surface area (Å²) in [6, 6.07) is -2.01. The molecule has 43 heteroatoms. The van der Waals surface area contributed by atoms with Crippen molar-refractivity contribution in [2.45, 2.75) is 235 Å². The largest absolute Gasteiger partial charge is 1.00 e. The SMILES string of the molecule is C1CCOC1.C1CCOC1.CC1(C)OC[C@H]2CC(F)(F)C(=O)N21.CC1(C)OC[C@H]2CC(F)C(=O)N21.CC1(C)OC[C@H]2CCC(=O)N21.CO.CO.COC(=O)C(F)(F)C[C@@H](N)CO.COC(=O)[C@H]1CCC(=O)C1.O=C1CC[C@H](C(=O)O)C1.O=C1CC[C@H](CO)C1.O=C1N[C@@H](CO)CC1(F)F.O=S(=O)(O)O.[2H]CP.[B].[H-].[Na+]. The molecule has 12 fully saturated rings. The Balaban J connectivity index is -0.000000367. The summed E-state index contributed by atoms with van der Waals surface area (Å²) in [5.74, 6) is -15.0. The van der Waals surface area contributed by atoms with E-state index >= 15 is 0 Å². The number of nitrogens with two attached hydrogens (primary N) is 1. The van der Waals surface area contributed by atoms with Gasteiger partial charge < -0.3 is 91.0 Å². The summed E-state index contributed by atoms with van der Waals surface area (Å²) >= 11 is 0. The summed E-state index contributed by atoms with van der Waals surface area (Å²) in [7, 11) is 1.79. The van der Waals surface area contributed by atoms with Gasteiger partial charge >= 0.3 is 75.6 Å². The van der Waals surface area contributed by atoms with Crippen molar-refractivity contribution in [1.29, 1.82) is 0 Å². The van der Waals surface area contributed by atoms with Crippen molar-refractivity contribution >= 4 is 86.9 Å². The number of amides is 4. The van der Waals surface area contributed by atoms with Gasteiger partial charge in [0.1, 0.15) is 34.5 Å². The van der Waals surface area contributed by atoms with Gasteiger partial charge in [-0.25, -0.2) is 9.18 Å². The van der Waals surface area contributed by atoms with Crippen molar-refractivity contribution < 1.29 is 192 Å². The Morgan fingerprint density at radius 1 is 0.676 bits per heavy atom. The van der Waals surface area contributed by atoms with Crippen LogP contribution in [0.25, 0.3) is 0 Å². The molecule has 11 N–H and O–H groups in total. The Hall–Kier alpha value is -4.27. The molecule has 3 saturated carbocycles. The maximum atomic E-state index is 13.0. The summed E-state index contributed by atoms with van der Waals surface area (Å²) in [4.78, 5) is 112. The number of Topliss-reactive ketones (excluding diaryl/α,β-unsaturated/α-hetero) is 3. The minimum atomic E-state index is -4.67.